The molecule has 0 heterocycles. The molecule has 3 aromatic carbocycles. The van der Waals surface area contributed by atoms with Crippen LogP contribution in [-0.2, 0) is 13.0 Å². The van der Waals surface area contributed by atoms with Gasteiger partial charge in [-0.3, -0.25) is 4.79 Å². The molecular weight excluding hydrogens is 364 g/mol. The Kier molecular flexibility index (Phi) is 6.85. The number of carbonyl (C=O) groups excluding carboxylic acids is 1. The summed E-state index contributed by atoms with van der Waals surface area (Å²) in [5, 5.41) is 21.4. The molecule has 0 aliphatic heterocycles. The Bertz CT molecular complexity index is 1010. The van der Waals surface area contributed by atoms with Crippen molar-refractivity contribution in [1.82, 2.24) is 5.32 Å². The SMILES string of the molecule is N#Cc1ccccc1COc1cccc(C(=O)NCCCc2ccc(O)cc2)c1. The topological polar surface area (TPSA) is 82.3 Å². The summed E-state index contributed by atoms with van der Waals surface area (Å²) < 4.78 is 5.77. The molecule has 0 unspecified atom stereocenters. The molecule has 0 radical (unpaired) electrons. The Morgan fingerprint density at radius 1 is 1.03 bits per heavy atom. The predicted octanol–water partition coefficient (Wildman–Crippen LogP) is 4.21. The first-order valence-corrected chi connectivity index (χ1v) is 9.42. The van der Waals surface area contributed by atoms with Gasteiger partial charge in [0, 0.05) is 17.7 Å². The number of ether oxygens (including phenoxy) is 1. The molecule has 0 saturated carbocycles. The zero-order valence-corrected chi connectivity index (χ0v) is 16.0. The molecule has 146 valence electrons. The molecule has 29 heavy (non-hydrogen) atoms. The van der Waals surface area contributed by atoms with E-state index in [2.05, 4.69) is 11.4 Å². The van der Waals surface area contributed by atoms with Gasteiger partial charge in [-0.1, -0.05) is 36.4 Å². The van der Waals surface area contributed by atoms with Crippen LogP contribution < -0.4 is 10.1 Å². The molecule has 1 amide bonds. The lowest BCUT2D eigenvalue weighted by molar-refractivity contribution is 0.0952. The van der Waals surface area contributed by atoms with Crippen LogP contribution in [-0.4, -0.2) is 17.6 Å². The fraction of sp³-hybridized carbons (Fsp3) is 0.167. The van der Waals surface area contributed by atoms with Crippen molar-refractivity contribution >= 4 is 5.91 Å². The minimum absolute atomic E-state index is 0.154. The number of phenolic OH excluding ortho intramolecular Hbond substituents is 1. The van der Waals surface area contributed by atoms with Gasteiger partial charge >= 0.3 is 0 Å². The number of aromatic hydroxyl groups is 1. The second-order valence-electron chi connectivity index (χ2n) is 6.61. The Morgan fingerprint density at radius 3 is 2.62 bits per heavy atom. The highest BCUT2D eigenvalue weighted by molar-refractivity contribution is 5.94. The van der Waals surface area contributed by atoms with Gasteiger partial charge in [-0.15, -0.1) is 0 Å². The van der Waals surface area contributed by atoms with Gasteiger partial charge < -0.3 is 15.2 Å². The largest absolute Gasteiger partial charge is 0.508 e. The summed E-state index contributed by atoms with van der Waals surface area (Å²) >= 11 is 0. The monoisotopic (exact) mass is 386 g/mol. The van der Waals surface area contributed by atoms with Crippen molar-refractivity contribution in [3.05, 3.63) is 95.1 Å². The van der Waals surface area contributed by atoms with E-state index >= 15 is 0 Å². The highest BCUT2D eigenvalue weighted by Gasteiger charge is 2.07. The smallest absolute Gasteiger partial charge is 0.251 e. The quantitative estimate of drug-likeness (QED) is 0.568. The first-order chi connectivity index (χ1) is 14.2. The van der Waals surface area contributed by atoms with E-state index in [1.165, 1.54) is 0 Å². The molecule has 0 spiro atoms. The standard InChI is InChI=1S/C24H22N2O3/c25-16-20-6-1-2-7-21(20)17-29-23-9-3-8-19(15-23)24(28)26-14-4-5-18-10-12-22(27)13-11-18/h1-3,6-13,15,27H,4-5,14,17H2,(H,26,28). The molecule has 0 aliphatic carbocycles. The zero-order chi connectivity index (χ0) is 20.5. The zero-order valence-electron chi connectivity index (χ0n) is 16.0. The van der Waals surface area contributed by atoms with E-state index < -0.39 is 0 Å². The number of hydrogen-bond acceptors (Lipinski definition) is 4. The van der Waals surface area contributed by atoms with E-state index in [0.29, 0.717) is 23.4 Å². The Labute approximate surface area is 170 Å². The third-order valence-electron chi connectivity index (χ3n) is 4.49. The van der Waals surface area contributed by atoms with Crippen LogP contribution in [0.15, 0.2) is 72.8 Å². The lowest BCUT2D eigenvalue weighted by Gasteiger charge is -2.10. The summed E-state index contributed by atoms with van der Waals surface area (Å²) in [6.07, 6.45) is 1.62. The van der Waals surface area contributed by atoms with Gasteiger partial charge in [0.1, 0.15) is 18.1 Å². The molecule has 3 aromatic rings. The highest BCUT2D eigenvalue weighted by atomic mass is 16.5. The van der Waals surface area contributed by atoms with Gasteiger partial charge in [-0.25, -0.2) is 0 Å². The summed E-state index contributed by atoms with van der Waals surface area (Å²) in [4.78, 5) is 12.4. The van der Waals surface area contributed by atoms with E-state index in [4.69, 9.17) is 10.00 Å². The van der Waals surface area contributed by atoms with E-state index in [0.717, 1.165) is 24.0 Å². The van der Waals surface area contributed by atoms with Gasteiger partial charge in [0.2, 0.25) is 0 Å². The maximum atomic E-state index is 12.4. The van der Waals surface area contributed by atoms with E-state index in [9.17, 15) is 9.90 Å². The van der Waals surface area contributed by atoms with E-state index in [1.807, 2.05) is 30.3 Å². The van der Waals surface area contributed by atoms with Crippen LogP contribution in [0.4, 0.5) is 0 Å². The summed E-state index contributed by atoms with van der Waals surface area (Å²) in [7, 11) is 0. The van der Waals surface area contributed by atoms with Crippen molar-refractivity contribution in [2.24, 2.45) is 0 Å². The summed E-state index contributed by atoms with van der Waals surface area (Å²) in [5.41, 5.74) is 3.03. The van der Waals surface area contributed by atoms with E-state index in [-0.39, 0.29) is 18.3 Å². The molecule has 0 atom stereocenters. The maximum absolute atomic E-state index is 12.4. The van der Waals surface area contributed by atoms with Crippen LogP contribution in [0, 0.1) is 11.3 Å². The molecular formula is C24H22N2O3. The molecule has 0 bridgehead atoms. The number of nitrogens with zero attached hydrogens (tertiary/aromatic N) is 1. The van der Waals surface area contributed by atoms with Crippen molar-refractivity contribution in [1.29, 1.82) is 5.26 Å². The van der Waals surface area contributed by atoms with Gasteiger partial charge in [-0.2, -0.15) is 5.26 Å². The second-order valence-corrected chi connectivity index (χ2v) is 6.61. The Balaban J connectivity index is 1.50. The van der Waals surface area contributed by atoms with Crippen LogP contribution in [0.25, 0.3) is 0 Å². The molecule has 0 fully saturated rings. The fourth-order valence-electron chi connectivity index (χ4n) is 2.90. The van der Waals surface area contributed by atoms with Crippen LogP contribution in [0.2, 0.25) is 0 Å². The number of carbonyl (C=O) groups is 1. The number of rotatable bonds is 8. The number of hydrogen-bond donors (Lipinski definition) is 2. The molecule has 5 nitrogen and oxygen atoms in total. The minimum atomic E-state index is -0.154. The molecule has 0 aliphatic rings. The lowest BCUT2D eigenvalue weighted by Crippen LogP contribution is -2.24. The molecule has 0 aromatic heterocycles. The van der Waals surface area contributed by atoms with Crippen LogP contribution in [0.3, 0.4) is 0 Å². The van der Waals surface area contributed by atoms with Crippen molar-refractivity contribution in [2.45, 2.75) is 19.4 Å². The summed E-state index contributed by atoms with van der Waals surface area (Å²) in [5.74, 6) is 0.674. The average Bonchev–Trinajstić information content (AvgIpc) is 2.76. The highest BCUT2D eigenvalue weighted by Crippen LogP contribution is 2.17. The van der Waals surface area contributed by atoms with Gasteiger partial charge in [0.25, 0.3) is 5.91 Å². The lowest BCUT2D eigenvalue weighted by atomic mass is 10.1. The number of amides is 1. The predicted molar refractivity (Wildman–Crippen MR) is 111 cm³/mol. The number of aryl methyl sites for hydroxylation is 1. The van der Waals surface area contributed by atoms with Crippen molar-refractivity contribution < 1.29 is 14.6 Å². The normalized spacial score (nSPS) is 10.2. The average molecular weight is 386 g/mol. The molecule has 5 heteroatoms. The van der Waals surface area contributed by atoms with Crippen LogP contribution in [0.5, 0.6) is 11.5 Å². The molecule has 2 N–H and O–H groups in total. The van der Waals surface area contributed by atoms with Crippen molar-refractivity contribution in [2.75, 3.05) is 6.54 Å². The first-order valence-electron chi connectivity index (χ1n) is 9.42. The van der Waals surface area contributed by atoms with Crippen molar-refractivity contribution in [3.63, 3.8) is 0 Å². The minimum Gasteiger partial charge on any atom is -0.508 e. The van der Waals surface area contributed by atoms with Crippen LogP contribution in [0.1, 0.15) is 33.5 Å². The van der Waals surface area contributed by atoms with Gasteiger partial charge in [-0.05, 0) is 54.8 Å². The number of phenols is 1. The third kappa shape index (κ3) is 5.85. The van der Waals surface area contributed by atoms with Gasteiger partial charge in [0.05, 0.1) is 11.6 Å². The van der Waals surface area contributed by atoms with Crippen LogP contribution >= 0.6 is 0 Å². The van der Waals surface area contributed by atoms with Crippen molar-refractivity contribution in [3.8, 4) is 17.6 Å². The maximum Gasteiger partial charge on any atom is 0.251 e. The molecule has 3 rings (SSSR count). The number of benzene rings is 3. The third-order valence-corrected chi connectivity index (χ3v) is 4.49. The Morgan fingerprint density at radius 2 is 1.83 bits per heavy atom. The van der Waals surface area contributed by atoms with E-state index in [1.54, 1.807) is 42.5 Å². The number of nitrogens with one attached hydrogen (secondary N) is 1. The van der Waals surface area contributed by atoms with Gasteiger partial charge in [0.15, 0.2) is 0 Å². The summed E-state index contributed by atoms with van der Waals surface area (Å²) in [6, 6.07) is 23.5. The summed E-state index contributed by atoms with van der Waals surface area (Å²) in [6.45, 7) is 0.821. The first kappa shape index (κ1) is 20.0. The fourth-order valence-corrected chi connectivity index (χ4v) is 2.90. The number of nitriles is 1. The molecule has 0 saturated heterocycles. The second kappa shape index (κ2) is 9.95. The Hall–Kier alpha value is -3.78.